The van der Waals surface area contributed by atoms with Gasteiger partial charge in [0.2, 0.25) is 11.8 Å². The number of hydrogen-bond donors (Lipinski definition) is 0. The normalized spacial score (nSPS) is 12.3. The van der Waals surface area contributed by atoms with Crippen molar-refractivity contribution in [1.29, 1.82) is 0 Å². The monoisotopic (exact) mass is 385 g/mol. The molecule has 140 valence electrons. The van der Waals surface area contributed by atoms with Crippen LogP contribution in [0, 0.1) is 0 Å². The Bertz CT molecular complexity index is 1010. The highest BCUT2D eigenvalue weighted by molar-refractivity contribution is 7.16. The fourth-order valence-corrected chi connectivity index (χ4v) is 4.37. The lowest BCUT2D eigenvalue weighted by Gasteiger charge is -2.16. The molecule has 1 aliphatic rings. The van der Waals surface area contributed by atoms with Crippen LogP contribution in [0.5, 0.6) is 16.8 Å². The molecule has 3 heterocycles. The van der Waals surface area contributed by atoms with Crippen molar-refractivity contribution in [2.24, 2.45) is 7.05 Å². The van der Waals surface area contributed by atoms with Gasteiger partial charge in [-0.15, -0.1) is 0 Å². The van der Waals surface area contributed by atoms with E-state index in [9.17, 15) is 4.79 Å². The molecule has 3 aromatic rings. The van der Waals surface area contributed by atoms with Gasteiger partial charge in [0.25, 0.3) is 0 Å². The van der Waals surface area contributed by atoms with Crippen molar-refractivity contribution in [3.8, 4) is 28.1 Å². The summed E-state index contributed by atoms with van der Waals surface area (Å²) >= 11 is 1.29. The highest BCUT2D eigenvalue weighted by Gasteiger charge is 2.32. The molecule has 0 aromatic carbocycles. The number of ether oxygens (including phenoxy) is 3. The first-order valence-electron chi connectivity index (χ1n) is 8.65. The SMILES string of the molecule is CCOC(=O)c1sc(Oc2cccc(OC)n2)c2c1CCc1cnn(C)c1-2. The topological polar surface area (TPSA) is 75.5 Å². The van der Waals surface area contributed by atoms with Crippen LogP contribution in [0.25, 0.3) is 11.3 Å². The van der Waals surface area contributed by atoms with Crippen LogP contribution in [0.3, 0.4) is 0 Å². The molecule has 0 atom stereocenters. The van der Waals surface area contributed by atoms with Crippen LogP contribution in [-0.4, -0.2) is 34.5 Å². The standard InChI is InChI=1S/C19H19N3O4S/c1-4-25-18(23)17-12-9-8-11-10-20-22(2)16(11)15(12)19(27-17)26-14-7-5-6-13(21-14)24-3/h5-7,10H,4,8-9H2,1-3H3. The van der Waals surface area contributed by atoms with Gasteiger partial charge in [0.05, 0.1) is 31.2 Å². The van der Waals surface area contributed by atoms with Gasteiger partial charge >= 0.3 is 5.97 Å². The molecule has 4 rings (SSSR count). The second kappa shape index (κ2) is 7.03. The number of carbonyl (C=O) groups excluding carboxylic acids is 1. The fraction of sp³-hybridized carbons (Fsp3) is 0.316. The Balaban J connectivity index is 1.84. The van der Waals surface area contributed by atoms with E-state index in [0.29, 0.717) is 28.3 Å². The van der Waals surface area contributed by atoms with Crippen molar-refractivity contribution < 1.29 is 19.0 Å². The minimum atomic E-state index is -0.321. The Morgan fingerprint density at radius 1 is 1.30 bits per heavy atom. The summed E-state index contributed by atoms with van der Waals surface area (Å²) in [5.41, 5.74) is 3.96. The van der Waals surface area contributed by atoms with E-state index in [4.69, 9.17) is 14.2 Å². The summed E-state index contributed by atoms with van der Waals surface area (Å²) in [7, 11) is 3.45. The number of methoxy groups -OCH3 is 1. The molecular formula is C19H19N3O4S. The summed E-state index contributed by atoms with van der Waals surface area (Å²) in [5, 5.41) is 4.99. The van der Waals surface area contributed by atoms with Crippen LogP contribution in [-0.2, 0) is 24.6 Å². The Kier molecular flexibility index (Phi) is 4.57. The van der Waals surface area contributed by atoms with E-state index in [0.717, 1.165) is 35.2 Å². The minimum Gasteiger partial charge on any atom is -0.481 e. The van der Waals surface area contributed by atoms with Gasteiger partial charge in [-0.2, -0.15) is 10.1 Å². The maximum Gasteiger partial charge on any atom is 0.348 e. The summed E-state index contributed by atoms with van der Waals surface area (Å²) in [4.78, 5) is 17.4. The molecule has 3 aromatic heterocycles. The van der Waals surface area contributed by atoms with E-state index in [2.05, 4.69) is 10.1 Å². The number of hydrogen-bond acceptors (Lipinski definition) is 7. The van der Waals surface area contributed by atoms with Crippen LogP contribution in [0.2, 0.25) is 0 Å². The number of aromatic nitrogens is 3. The molecule has 0 fully saturated rings. The van der Waals surface area contributed by atoms with Gasteiger partial charge in [-0.1, -0.05) is 17.4 Å². The number of esters is 1. The molecule has 0 saturated carbocycles. The second-order valence-electron chi connectivity index (χ2n) is 6.05. The van der Waals surface area contributed by atoms with Gasteiger partial charge in [0.15, 0.2) is 5.06 Å². The lowest BCUT2D eigenvalue weighted by molar-refractivity contribution is 0.0531. The molecule has 27 heavy (non-hydrogen) atoms. The van der Waals surface area contributed by atoms with Crippen molar-refractivity contribution >= 4 is 17.3 Å². The molecule has 8 heteroatoms. The van der Waals surface area contributed by atoms with Crippen molar-refractivity contribution in [3.63, 3.8) is 0 Å². The number of rotatable bonds is 5. The van der Waals surface area contributed by atoms with Crippen LogP contribution in [0.15, 0.2) is 24.4 Å². The second-order valence-corrected chi connectivity index (χ2v) is 7.04. The fourth-order valence-electron chi connectivity index (χ4n) is 3.26. The molecule has 0 unspecified atom stereocenters. The number of aryl methyl sites for hydroxylation is 2. The predicted octanol–water partition coefficient (Wildman–Crippen LogP) is 3.62. The summed E-state index contributed by atoms with van der Waals surface area (Å²) in [6.07, 6.45) is 3.44. The van der Waals surface area contributed by atoms with Gasteiger partial charge in [-0.05, 0) is 30.9 Å². The van der Waals surface area contributed by atoms with Gasteiger partial charge in [-0.3, -0.25) is 4.68 Å². The van der Waals surface area contributed by atoms with Gasteiger partial charge in [0.1, 0.15) is 4.88 Å². The molecule has 7 nitrogen and oxygen atoms in total. The van der Waals surface area contributed by atoms with E-state index < -0.39 is 0 Å². The van der Waals surface area contributed by atoms with Crippen LogP contribution < -0.4 is 9.47 Å². The largest absolute Gasteiger partial charge is 0.481 e. The Labute approximate surface area is 160 Å². The zero-order valence-electron chi connectivity index (χ0n) is 15.3. The van der Waals surface area contributed by atoms with Gasteiger partial charge in [0, 0.05) is 19.2 Å². The zero-order valence-corrected chi connectivity index (χ0v) is 16.1. The van der Waals surface area contributed by atoms with Crippen molar-refractivity contribution in [2.45, 2.75) is 19.8 Å². The first-order valence-corrected chi connectivity index (χ1v) is 9.47. The highest BCUT2D eigenvalue weighted by Crippen LogP contribution is 2.48. The number of fused-ring (bicyclic) bond motifs is 3. The third-order valence-electron chi connectivity index (χ3n) is 4.44. The first-order chi connectivity index (χ1) is 13.1. The predicted molar refractivity (Wildman–Crippen MR) is 101 cm³/mol. The third-order valence-corrected chi connectivity index (χ3v) is 5.53. The maximum atomic E-state index is 12.5. The number of nitrogens with zero attached hydrogens (tertiary/aromatic N) is 3. The smallest absolute Gasteiger partial charge is 0.348 e. The Morgan fingerprint density at radius 2 is 2.11 bits per heavy atom. The van der Waals surface area contributed by atoms with E-state index >= 15 is 0 Å². The van der Waals surface area contributed by atoms with E-state index in [-0.39, 0.29) is 5.97 Å². The maximum absolute atomic E-state index is 12.5. The van der Waals surface area contributed by atoms with Crippen LogP contribution in [0.4, 0.5) is 0 Å². The van der Waals surface area contributed by atoms with Crippen molar-refractivity contribution in [1.82, 2.24) is 14.8 Å². The first kappa shape index (κ1) is 17.5. The van der Waals surface area contributed by atoms with E-state index in [1.165, 1.54) is 11.3 Å². The zero-order chi connectivity index (χ0) is 19.0. The molecule has 0 bridgehead atoms. The number of pyridine rings is 1. The average molecular weight is 385 g/mol. The van der Waals surface area contributed by atoms with Gasteiger partial charge < -0.3 is 14.2 Å². The molecule has 0 amide bonds. The highest BCUT2D eigenvalue weighted by atomic mass is 32.1. The number of carbonyl (C=O) groups is 1. The molecule has 0 radical (unpaired) electrons. The summed E-state index contributed by atoms with van der Waals surface area (Å²) in [6.45, 7) is 2.13. The van der Waals surface area contributed by atoms with Crippen LogP contribution in [0.1, 0.15) is 27.7 Å². The number of thiophene rings is 1. The van der Waals surface area contributed by atoms with E-state index in [1.807, 2.05) is 24.0 Å². The Morgan fingerprint density at radius 3 is 2.89 bits per heavy atom. The molecule has 0 aliphatic heterocycles. The molecular weight excluding hydrogens is 366 g/mol. The minimum absolute atomic E-state index is 0.321. The quantitative estimate of drug-likeness (QED) is 0.625. The summed E-state index contributed by atoms with van der Waals surface area (Å²) in [5.74, 6) is 0.547. The third kappa shape index (κ3) is 3.06. The van der Waals surface area contributed by atoms with Crippen molar-refractivity contribution in [2.75, 3.05) is 13.7 Å². The van der Waals surface area contributed by atoms with Crippen LogP contribution >= 0.6 is 11.3 Å². The van der Waals surface area contributed by atoms with Gasteiger partial charge in [-0.25, -0.2) is 4.79 Å². The lowest BCUT2D eigenvalue weighted by Crippen LogP contribution is -2.10. The molecule has 0 N–H and O–H groups in total. The summed E-state index contributed by atoms with van der Waals surface area (Å²) in [6, 6.07) is 5.31. The molecule has 1 aliphatic carbocycles. The van der Waals surface area contributed by atoms with Crippen molar-refractivity contribution in [3.05, 3.63) is 40.4 Å². The average Bonchev–Trinajstić information content (AvgIpc) is 3.23. The Hall–Kier alpha value is -2.87. The lowest BCUT2D eigenvalue weighted by atomic mass is 9.91. The molecule has 0 spiro atoms. The summed E-state index contributed by atoms with van der Waals surface area (Å²) < 4.78 is 18.3. The molecule has 0 saturated heterocycles. The van der Waals surface area contributed by atoms with E-state index in [1.54, 1.807) is 26.2 Å².